The van der Waals surface area contributed by atoms with E-state index in [2.05, 4.69) is 25.6 Å². The first kappa shape index (κ1) is 18.9. The molecule has 0 saturated carbocycles. The topological polar surface area (TPSA) is 129 Å². The number of aryl methyl sites for hydroxylation is 1. The molecule has 0 bridgehead atoms. The summed E-state index contributed by atoms with van der Waals surface area (Å²) in [4.78, 5) is 4.40. The first-order valence-corrected chi connectivity index (χ1v) is 10.1. The molecule has 0 aliphatic carbocycles. The van der Waals surface area contributed by atoms with E-state index >= 15 is 0 Å². The number of nitrogens with one attached hydrogen (secondary N) is 1. The van der Waals surface area contributed by atoms with Crippen LogP contribution < -0.4 is 10.5 Å². The highest BCUT2D eigenvalue weighted by Crippen LogP contribution is 2.23. The average molecular weight is 413 g/mol. The summed E-state index contributed by atoms with van der Waals surface area (Å²) in [5, 5.41) is 21.1. The summed E-state index contributed by atoms with van der Waals surface area (Å²) in [6.45, 7) is 2.07. The number of hydrogen-bond donors (Lipinski definition) is 2. The molecule has 0 spiro atoms. The second-order valence-corrected chi connectivity index (χ2v) is 7.85. The van der Waals surface area contributed by atoms with Gasteiger partial charge in [-0.25, -0.2) is 17.9 Å². The second-order valence-electron chi connectivity index (χ2n) is 6.32. The Labute approximate surface area is 165 Å². The Hall–Kier alpha value is -3.44. The number of primary sulfonamides is 1. The minimum Gasteiger partial charge on any atom is -0.364 e. The smallest absolute Gasteiger partial charge is 0.272 e. The van der Waals surface area contributed by atoms with Crippen molar-refractivity contribution in [1.29, 1.82) is 0 Å². The molecular weight excluding hydrogens is 397 g/mol. The van der Waals surface area contributed by atoms with Crippen molar-refractivity contribution in [2.24, 2.45) is 5.14 Å². The largest absolute Gasteiger partial charge is 0.364 e. The number of nitrogens with zero attached hydrogens (tertiary/aromatic N) is 5. The van der Waals surface area contributed by atoms with Crippen LogP contribution in [0.5, 0.6) is 0 Å². The fourth-order valence-electron chi connectivity index (χ4n) is 2.89. The molecule has 2 aromatic heterocycles. The summed E-state index contributed by atoms with van der Waals surface area (Å²) in [6, 6.07) is 10.9. The third kappa shape index (κ3) is 3.77. The second kappa shape index (κ2) is 7.18. The summed E-state index contributed by atoms with van der Waals surface area (Å²) >= 11 is 0. The van der Waals surface area contributed by atoms with Crippen LogP contribution >= 0.6 is 0 Å². The van der Waals surface area contributed by atoms with Gasteiger partial charge >= 0.3 is 0 Å². The third-order valence-electron chi connectivity index (χ3n) is 4.26. The van der Waals surface area contributed by atoms with Crippen molar-refractivity contribution in [3.8, 4) is 5.95 Å². The van der Waals surface area contributed by atoms with Gasteiger partial charge in [-0.3, -0.25) is 0 Å². The number of sulfonamides is 1. The molecule has 3 N–H and O–H groups in total. The zero-order chi connectivity index (χ0) is 20.6. The van der Waals surface area contributed by atoms with Gasteiger partial charge in [-0.15, -0.1) is 10.2 Å². The lowest BCUT2D eigenvalue weighted by Gasteiger charge is -2.09. The van der Waals surface area contributed by atoms with Gasteiger partial charge in [0, 0.05) is 11.9 Å². The van der Waals surface area contributed by atoms with E-state index in [4.69, 9.17) is 5.14 Å². The standard InChI is InChI=1S/C18H16FN7O2S/c1-11-17(21-9-12-4-2-5-13(19)8-12)23-18(25-24-11)26-15-6-3-7-16(29(20,27)28)14(15)10-22-26/h2-8,10H,9H2,1H3,(H2,20,27,28)(H,21,23,25). The Balaban J connectivity index is 1.71. The molecule has 148 valence electrons. The molecule has 0 atom stereocenters. The lowest BCUT2D eigenvalue weighted by Crippen LogP contribution is -2.13. The number of anilines is 1. The lowest BCUT2D eigenvalue weighted by molar-refractivity contribution is 0.598. The number of nitrogens with two attached hydrogens (primary N) is 1. The van der Waals surface area contributed by atoms with E-state index < -0.39 is 10.0 Å². The summed E-state index contributed by atoms with van der Waals surface area (Å²) in [6.07, 6.45) is 1.39. The molecule has 0 fully saturated rings. The predicted octanol–water partition coefficient (Wildman–Crippen LogP) is 1.92. The number of rotatable bonds is 5. The van der Waals surface area contributed by atoms with E-state index in [1.165, 1.54) is 29.1 Å². The molecule has 29 heavy (non-hydrogen) atoms. The van der Waals surface area contributed by atoms with E-state index in [1.807, 2.05) is 0 Å². The Morgan fingerprint density at radius 3 is 2.72 bits per heavy atom. The third-order valence-corrected chi connectivity index (χ3v) is 5.23. The van der Waals surface area contributed by atoms with Crippen LogP contribution in [0.2, 0.25) is 0 Å². The molecule has 0 aliphatic heterocycles. The van der Waals surface area contributed by atoms with Crippen LogP contribution in [0.3, 0.4) is 0 Å². The molecular formula is C18H16FN7O2S. The highest BCUT2D eigenvalue weighted by Gasteiger charge is 2.17. The fourth-order valence-corrected chi connectivity index (χ4v) is 3.62. The minimum absolute atomic E-state index is 0.0363. The molecule has 4 rings (SSSR count). The van der Waals surface area contributed by atoms with Crippen LogP contribution in [0.1, 0.15) is 11.3 Å². The summed E-state index contributed by atoms with van der Waals surface area (Å²) in [5.74, 6) is 0.278. The van der Waals surface area contributed by atoms with Gasteiger partial charge in [0.2, 0.25) is 10.0 Å². The summed E-state index contributed by atoms with van der Waals surface area (Å²) < 4.78 is 38.3. The highest BCUT2D eigenvalue weighted by atomic mass is 32.2. The van der Waals surface area contributed by atoms with Crippen LogP contribution in [0.15, 0.2) is 53.6 Å². The van der Waals surface area contributed by atoms with E-state index in [9.17, 15) is 12.8 Å². The first-order chi connectivity index (χ1) is 13.8. The normalized spacial score (nSPS) is 11.7. The van der Waals surface area contributed by atoms with Gasteiger partial charge in [0.05, 0.1) is 16.6 Å². The predicted molar refractivity (Wildman–Crippen MR) is 104 cm³/mol. The van der Waals surface area contributed by atoms with Gasteiger partial charge in [0.1, 0.15) is 11.5 Å². The number of halogens is 1. The average Bonchev–Trinajstić information content (AvgIpc) is 3.11. The molecule has 11 heteroatoms. The van der Waals surface area contributed by atoms with Crippen molar-refractivity contribution in [2.45, 2.75) is 18.4 Å². The van der Waals surface area contributed by atoms with Crippen LogP contribution in [-0.2, 0) is 16.6 Å². The molecule has 0 unspecified atom stereocenters. The van der Waals surface area contributed by atoms with E-state index in [-0.39, 0.29) is 16.7 Å². The monoisotopic (exact) mass is 413 g/mol. The van der Waals surface area contributed by atoms with Crippen LogP contribution in [-0.4, -0.2) is 33.4 Å². The zero-order valence-electron chi connectivity index (χ0n) is 15.2. The molecule has 9 nitrogen and oxygen atoms in total. The minimum atomic E-state index is -3.91. The summed E-state index contributed by atoms with van der Waals surface area (Å²) in [5.41, 5.74) is 1.76. The van der Waals surface area contributed by atoms with Crippen molar-refractivity contribution >= 4 is 26.7 Å². The van der Waals surface area contributed by atoms with Crippen LogP contribution in [0.25, 0.3) is 16.9 Å². The van der Waals surface area contributed by atoms with Gasteiger partial charge in [-0.1, -0.05) is 18.2 Å². The van der Waals surface area contributed by atoms with Gasteiger partial charge in [0.25, 0.3) is 5.95 Å². The van der Waals surface area contributed by atoms with Crippen molar-refractivity contribution in [3.63, 3.8) is 0 Å². The maximum Gasteiger partial charge on any atom is 0.272 e. The van der Waals surface area contributed by atoms with Crippen LogP contribution in [0, 0.1) is 12.7 Å². The molecule has 2 aromatic carbocycles. The van der Waals surface area contributed by atoms with Crippen molar-refractivity contribution in [3.05, 3.63) is 65.7 Å². The molecule has 0 radical (unpaired) electrons. The van der Waals surface area contributed by atoms with E-state index in [0.717, 1.165) is 5.56 Å². The number of benzene rings is 2. The lowest BCUT2D eigenvalue weighted by atomic mass is 10.2. The Bertz CT molecular complexity index is 1320. The van der Waals surface area contributed by atoms with Gasteiger partial charge in [0.15, 0.2) is 5.82 Å². The summed E-state index contributed by atoms with van der Waals surface area (Å²) in [7, 11) is -3.91. The SMILES string of the molecule is Cc1nnc(-n2ncc3c(S(N)(=O)=O)cccc32)nc1NCc1cccc(F)c1. The fraction of sp³-hybridized carbons (Fsp3) is 0.111. The van der Waals surface area contributed by atoms with Crippen molar-refractivity contribution < 1.29 is 12.8 Å². The zero-order valence-corrected chi connectivity index (χ0v) is 16.1. The van der Waals surface area contributed by atoms with Crippen molar-refractivity contribution in [2.75, 3.05) is 5.32 Å². The first-order valence-electron chi connectivity index (χ1n) is 8.52. The quantitative estimate of drug-likeness (QED) is 0.511. The Morgan fingerprint density at radius 2 is 1.97 bits per heavy atom. The highest BCUT2D eigenvalue weighted by molar-refractivity contribution is 7.89. The van der Waals surface area contributed by atoms with Gasteiger partial charge < -0.3 is 5.32 Å². The van der Waals surface area contributed by atoms with Gasteiger partial charge in [-0.2, -0.15) is 14.8 Å². The molecule has 0 saturated heterocycles. The van der Waals surface area contributed by atoms with Crippen LogP contribution in [0.4, 0.5) is 10.2 Å². The number of aromatic nitrogens is 5. The Morgan fingerprint density at radius 1 is 1.17 bits per heavy atom. The van der Waals surface area contributed by atoms with E-state index in [0.29, 0.717) is 29.0 Å². The van der Waals surface area contributed by atoms with Gasteiger partial charge in [-0.05, 0) is 36.8 Å². The van der Waals surface area contributed by atoms with Crippen molar-refractivity contribution in [1.82, 2.24) is 25.0 Å². The number of hydrogen-bond acceptors (Lipinski definition) is 7. The molecule has 0 amide bonds. The molecule has 2 heterocycles. The maximum atomic E-state index is 13.4. The Kier molecular flexibility index (Phi) is 4.68. The maximum absolute atomic E-state index is 13.4. The molecule has 4 aromatic rings. The number of fused-ring (bicyclic) bond motifs is 1. The van der Waals surface area contributed by atoms with E-state index in [1.54, 1.807) is 31.2 Å². The molecule has 0 aliphatic rings.